The second kappa shape index (κ2) is 8.73. The largest absolute Gasteiger partial charge is 0.496 e. The first kappa shape index (κ1) is 19.7. The molecule has 2 aliphatic rings. The van der Waals surface area contributed by atoms with Gasteiger partial charge in [0.1, 0.15) is 5.76 Å². The van der Waals surface area contributed by atoms with E-state index in [0.29, 0.717) is 5.92 Å². The SMILES string of the molecule is COC1=C(CC2CCN(Cc3ccccc3)CC2)C(=O)c2ccccc21.Cl. The molecule has 1 fully saturated rings. The molecule has 1 aliphatic carbocycles. The first-order chi connectivity index (χ1) is 12.8. The summed E-state index contributed by atoms with van der Waals surface area (Å²) in [6, 6.07) is 18.4. The van der Waals surface area contributed by atoms with E-state index < -0.39 is 0 Å². The lowest BCUT2D eigenvalue weighted by molar-refractivity contribution is 0.102. The number of benzene rings is 2. The normalized spacial score (nSPS) is 17.6. The minimum absolute atomic E-state index is 0. The predicted molar refractivity (Wildman–Crippen MR) is 111 cm³/mol. The molecule has 0 atom stereocenters. The quantitative estimate of drug-likeness (QED) is 0.730. The van der Waals surface area contributed by atoms with Gasteiger partial charge in [0.05, 0.1) is 7.11 Å². The predicted octanol–water partition coefficient (Wildman–Crippen LogP) is 4.96. The molecule has 0 aromatic heterocycles. The molecule has 0 radical (unpaired) electrons. The number of halogens is 1. The van der Waals surface area contributed by atoms with Crippen LogP contribution in [0.4, 0.5) is 0 Å². The second-order valence-electron chi connectivity index (χ2n) is 7.30. The highest BCUT2D eigenvalue weighted by Gasteiger charge is 2.32. The Morgan fingerprint density at radius 3 is 2.26 bits per heavy atom. The van der Waals surface area contributed by atoms with Gasteiger partial charge in [0.2, 0.25) is 0 Å². The van der Waals surface area contributed by atoms with Crippen LogP contribution in [0.2, 0.25) is 0 Å². The fraction of sp³-hybridized carbons (Fsp3) is 0.348. The van der Waals surface area contributed by atoms with Crippen LogP contribution in [0.3, 0.4) is 0 Å². The number of methoxy groups -OCH3 is 1. The number of ketones is 1. The van der Waals surface area contributed by atoms with Crippen molar-refractivity contribution < 1.29 is 9.53 Å². The molecule has 0 unspecified atom stereocenters. The molecule has 3 nitrogen and oxygen atoms in total. The number of carbonyl (C=O) groups excluding carboxylic acids is 1. The fourth-order valence-corrected chi connectivity index (χ4v) is 4.20. The van der Waals surface area contributed by atoms with Crippen molar-refractivity contribution in [1.29, 1.82) is 0 Å². The average molecular weight is 384 g/mol. The summed E-state index contributed by atoms with van der Waals surface area (Å²) in [5.74, 6) is 1.50. The Balaban J connectivity index is 0.00000210. The number of ether oxygens (including phenoxy) is 1. The van der Waals surface area contributed by atoms with Gasteiger partial charge in [-0.2, -0.15) is 0 Å². The lowest BCUT2D eigenvalue weighted by Gasteiger charge is -2.32. The van der Waals surface area contributed by atoms with E-state index in [1.54, 1.807) is 7.11 Å². The third-order valence-electron chi connectivity index (χ3n) is 5.62. The molecule has 2 aromatic rings. The number of nitrogens with zero attached hydrogens (tertiary/aromatic N) is 1. The molecule has 4 rings (SSSR count). The fourth-order valence-electron chi connectivity index (χ4n) is 4.20. The number of Topliss-reactive ketones (excluding diaryl/α,β-unsaturated/α-hetero) is 1. The number of hydrogen-bond acceptors (Lipinski definition) is 3. The Morgan fingerprint density at radius 2 is 1.59 bits per heavy atom. The number of hydrogen-bond donors (Lipinski definition) is 0. The zero-order valence-electron chi connectivity index (χ0n) is 15.7. The Hall–Kier alpha value is -2.10. The molecule has 1 aliphatic heterocycles. The van der Waals surface area contributed by atoms with Crippen molar-refractivity contribution in [1.82, 2.24) is 4.90 Å². The van der Waals surface area contributed by atoms with E-state index in [2.05, 4.69) is 35.2 Å². The summed E-state index contributed by atoms with van der Waals surface area (Å²) < 4.78 is 5.61. The minimum Gasteiger partial charge on any atom is -0.496 e. The Morgan fingerprint density at radius 1 is 0.963 bits per heavy atom. The number of likely N-dealkylation sites (tertiary alicyclic amines) is 1. The van der Waals surface area contributed by atoms with E-state index >= 15 is 0 Å². The number of rotatable bonds is 5. The Bertz CT molecular complexity index is 823. The van der Waals surface area contributed by atoms with Crippen LogP contribution in [0.1, 0.15) is 40.7 Å². The van der Waals surface area contributed by atoms with Gasteiger partial charge in [0.25, 0.3) is 0 Å². The van der Waals surface area contributed by atoms with Gasteiger partial charge in [0.15, 0.2) is 5.78 Å². The van der Waals surface area contributed by atoms with E-state index in [1.807, 2.05) is 24.3 Å². The second-order valence-corrected chi connectivity index (χ2v) is 7.30. The highest BCUT2D eigenvalue weighted by molar-refractivity contribution is 6.19. The van der Waals surface area contributed by atoms with Crippen LogP contribution in [0, 0.1) is 5.92 Å². The number of piperidine rings is 1. The van der Waals surface area contributed by atoms with Gasteiger partial charge in [-0.3, -0.25) is 9.69 Å². The van der Waals surface area contributed by atoms with Crippen LogP contribution in [-0.4, -0.2) is 30.9 Å². The highest BCUT2D eigenvalue weighted by atomic mass is 35.5. The van der Waals surface area contributed by atoms with Crippen LogP contribution in [-0.2, 0) is 11.3 Å². The third-order valence-corrected chi connectivity index (χ3v) is 5.62. The number of fused-ring (bicyclic) bond motifs is 1. The van der Waals surface area contributed by atoms with Gasteiger partial charge in [-0.25, -0.2) is 0 Å². The minimum atomic E-state index is 0. The van der Waals surface area contributed by atoms with Crippen LogP contribution in [0.25, 0.3) is 5.76 Å². The van der Waals surface area contributed by atoms with Gasteiger partial charge < -0.3 is 4.74 Å². The number of carbonyl (C=O) groups is 1. The van der Waals surface area contributed by atoms with Gasteiger partial charge in [-0.05, 0) is 43.8 Å². The molecular weight excluding hydrogens is 358 g/mol. The van der Waals surface area contributed by atoms with Crippen molar-refractivity contribution in [2.24, 2.45) is 5.92 Å². The van der Waals surface area contributed by atoms with E-state index in [4.69, 9.17) is 4.74 Å². The van der Waals surface area contributed by atoms with Gasteiger partial charge >= 0.3 is 0 Å². The summed E-state index contributed by atoms with van der Waals surface area (Å²) in [7, 11) is 1.67. The van der Waals surface area contributed by atoms with E-state index in [0.717, 1.165) is 61.4 Å². The van der Waals surface area contributed by atoms with Gasteiger partial charge in [0, 0.05) is 23.2 Å². The van der Waals surface area contributed by atoms with Crippen LogP contribution in [0.15, 0.2) is 60.2 Å². The summed E-state index contributed by atoms with van der Waals surface area (Å²) in [5.41, 5.74) is 3.99. The Labute approximate surface area is 167 Å². The molecule has 0 amide bonds. The topological polar surface area (TPSA) is 29.5 Å². The number of allylic oxidation sites excluding steroid dienone is 1. The van der Waals surface area contributed by atoms with Crippen LogP contribution < -0.4 is 0 Å². The smallest absolute Gasteiger partial charge is 0.193 e. The van der Waals surface area contributed by atoms with Crippen molar-refractivity contribution in [2.75, 3.05) is 20.2 Å². The summed E-state index contributed by atoms with van der Waals surface area (Å²) in [4.78, 5) is 15.3. The van der Waals surface area contributed by atoms with Crippen molar-refractivity contribution in [3.05, 3.63) is 76.9 Å². The molecule has 2 aromatic carbocycles. The maximum absolute atomic E-state index is 12.8. The standard InChI is InChI=1S/C23H25NO2.ClH/c1-26-23-20-10-6-5-9-19(20)22(25)21(23)15-17-11-13-24(14-12-17)16-18-7-3-2-4-8-18;/h2-10,17H,11-16H2,1H3;1H. The molecule has 0 spiro atoms. The highest BCUT2D eigenvalue weighted by Crippen LogP contribution is 2.38. The first-order valence-corrected chi connectivity index (χ1v) is 9.44. The molecule has 0 saturated carbocycles. The monoisotopic (exact) mass is 383 g/mol. The van der Waals surface area contributed by atoms with E-state index in [1.165, 1.54) is 5.56 Å². The summed E-state index contributed by atoms with van der Waals surface area (Å²) in [6.07, 6.45) is 3.10. The molecule has 142 valence electrons. The lowest BCUT2D eigenvalue weighted by Crippen LogP contribution is -2.33. The van der Waals surface area contributed by atoms with E-state index in [-0.39, 0.29) is 18.2 Å². The molecule has 1 heterocycles. The van der Waals surface area contributed by atoms with Crippen molar-refractivity contribution in [3.8, 4) is 0 Å². The van der Waals surface area contributed by atoms with Crippen molar-refractivity contribution >= 4 is 23.9 Å². The van der Waals surface area contributed by atoms with Crippen LogP contribution in [0.5, 0.6) is 0 Å². The third kappa shape index (κ3) is 4.10. The maximum atomic E-state index is 12.8. The van der Waals surface area contributed by atoms with Gasteiger partial charge in [-0.15, -0.1) is 12.4 Å². The van der Waals surface area contributed by atoms with E-state index in [9.17, 15) is 4.79 Å². The molecule has 27 heavy (non-hydrogen) atoms. The van der Waals surface area contributed by atoms with Crippen molar-refractivity contribution in [2.45, 2.75) is 25.8 Å². The van der Waals surface area contributed by atoms with Crippen LogP contribution >= 0.6 is 12.4 Å². The molecule has 1 saturated heterocycles. The molecular formula is C23H26ClNO2. The summed E-state index contributed by atoms with van der Waals surface area (Å²) >= 11 is 0. The summed E-state index contributed by atoms with van der Waals surface area (Å²) in [6.45, 7) is 3.20. The lowest BCUT2D eigenvalue weighted by atomic mass is 9.88. The Kier molecular flexibility index (Phi) is 6.35. The zero-order chi connectivity index (χ0) is 17.9. The zero-order valence-corrected chi connectivity index (χ0v) is 16.5. The maximum Gasteiger partial charge on any atom is 0.193 e. The average Bonchev–Trinajstić information content (AvgIpc) is 2.96. The van der Waals surface area contributed by atoms with Gasteiger partial charge in [-0.1, -0.05) is 54.6 Å². The molecule has 0 bridgehead atoms. The van der Waals surface area contributed by atoms with Crippen molar-refractivity contribution in [3.63, 3.8) is 0 Å². The molecule has 4 heteroatoms. The first-order valence-electron chi connectivity index (χ1n) is 9.44. The summed E-state index contributed by atoms with van der Waals surface area (Å²) in [5, 5.41) is 0. The molecule has 0 N–H and O–H groups in total.